The van der Waals surface area contributed by atoms with Crippen molar-refractivity contribution in [3.05, 3.63) is 29.3 Å². The molecule has 2 aliphatic rings. The van der Waals surface area contributed by atoms with E-state index in [4.69, 9.17) is 5.73 Å². The first-order valence-corrected chi connectivity index (χ1v) is 5.81. The van der Waals surface area contributed by atoms with Crippen LogP contribution < -0.4 is 10.6 Å². The van der Waals surface area contributed by atoms with Crippen molar-refractivity contribution in [3.63, 3.8) is 0 Å². The standard InChI is InChI=1S/C13H14N2O2/c1-7-2-3-8(6-14)4-11(7)15-12(16)9-5-10(9)13(15)17/h2-4,9-10H,5-6,14H2,1H3. The Labute approximate surface area is 99.4 Å². The molecule has 0 aromatic heterocycles. The highest BCUT2D eigenvalue weighted by molar-refractivity contribution is 6.25. The van der Waals surface area contributed by atoms with Crippen LogP contribution in [0, 0.1) is 18.8 Å². The summed E-state index contributed by atoms with van der Waals surface area (Å²) in [5.74, 6) is -0.193. The van der Waals surface area contributed by atoms with Crippen LogP contribution in [0.2, 0.25) is 0 Å². The molecule has 1 heterocycles. The van der Waals surface area contributed by atoms with E-state index in [0.717, 1.165) is 17.5 Å². The number of aryl methyl sites for hydroxylation is 1. The summed E-state index contributed by atoms with van der Waals surface area (Å²) in [5, 5.41) is 0. The minimum Gasteiger partial charge on any atom is -0.326 e. The fraction of sp³-hybridized carbons (Fsp3) is 0.385. The monoisotopic (exact) mass is 230 g/mol. The molecule has 2 amide bonds. The minimum atomic E-state index is -0.0524. The van der Waals surface area contributed by atoms with Crippen LogP contribution in [0.4, 0.5) is 5.69 Å². The summed E-state index contributed by atoms with van der Waals surface area (Å²) in [6.45, 7) is 2.32. The number of hydrogen-bond donors (Lipinski definition) is 1. The van der Waals surface area contributed by atoms with E-state index in [1.807, 2.05) is 25.1 Å². The molecular formula is C13H14N2O2. The van der Waals surface area contributed by atoms with Crippen LogP contribution in [0.15, 0.2) is 18.2 Å². The maximum Gasteiger partial charge on any atom is 0.237 e. The Morgan fingerprint density at radius 1 is 1.29 bits per heavy atom. The van der Waals surface area contributed by atoms with Crippen LogP contribution in [0.25, 0.3) is 0 Å². The van der Waals surface area contributed by atoms with Crippen LogP contribution in [0.3, 0.4) is 0 Å². The van der Waals surface area contributed by atoms with E-state index in [1.165, 1.54) is 4.90 Å². The second-order valence-electron chi connectivity index (χ2n) is 4.79. The summed E-state index contributed by atoms with van der Waals surface area (Å²) in [7, 11) is 0. The van der Waals surface area contributed by atoms with Gasteiger partial charge < -0.3 is 5.73 Å². The average molecular weight is 230 g/mol. The van der Waals surface area contributed by atoms with E-state index in [2.05, 4.69) is 0 Å². The van der Waals surface area contributed by atoms with Crippen molar-refractivity contribution >= 4 is 17.5 Å². The maximum absolute atomic E-state index is 12.0. The van der Waals surface area contributed by atoms with Gasteiger partial charge in [-0.15, -0.1) is 0 Å². The first-order valence-electron chi connectivity index (χ1n) is 5.81. The van der Waals surface area contributed by atoms with E-state index in [9.17, 15) is 9.59 Å². The number of benzene rings is 1. The van der Waals surface area contributed by atoms with Crippen molar-refractivity contribution in [1.29, 1.82) is 0 Å². The zero-order valence-corrected chi connectivity index (χ0v) is 9.64. The topological polar surface area (TPSA) is 63.4 Å². The molecule has 2 N–H and O–H groups in total. The molecule has 4 heteroatoms. The molecule has 0 spiro atoms. The van der Waals surface area contributed by atoms with Crippen LogP contribution in [0.1, 0.15) is 17.5 Å². The average Bonchev–Trinajstić information content (AvgIpc) is 3.07. The Kier molecular flexibility index (Phi) is 2.10. The zero-order valence-electron chi connectivity index (χ0n) is 9.64. The highest BCUT2D eigenvalue weighted by Crippen LogP contribution is 2.48. The van der Waals surface area contributed by atoms with Gasteiger partial charge in [0.2, 0.25) is 11.8 Å². The molecule has 0 bridgehead atoms. The largest absolute Gasteiger partial charge is 0.326 e. The molecule has 0 radical (unpaired) electrons. The molecule has 1 saturated carbocycles. The Morgan fingerprint density at radius 2 is 1.94 bits per heavy atom. The molecule has 1 aromatic rings. The molecule has 2 atom stereocenters. The van der Waals surface area contributed by atoms with Gasteiger partial charge in [0.05, 0.1) is 17.5 Å². The van der Waals surface area contributed by atoms with Gasteiger partial charge in [0.25, 0.3) is 0 Å². The normalized spacial score (nSPS) is 26.4. The SMILES string of the molecule is Cc1ccc(CN)cc1N1C(=O)C2CC2C1=O. The van der Waals surface area contributed by atoms with E-state index in [1.54, 1.807) is 0 Å². The first-order chi connectivity index (χ1) is 8.13. The van der Waals surface area contributed by atoms with Gasteiger partial charge in [-0.25, -0.2) is 4.90 Å². The Bertz CT molecular complexity index is 504. The number of nitrogens with two attached hydrogens (primary N) is 1. The van der Waals surface area contributed by atoms with Crippen LogP contribution in [0.5, 0.6) is 0 Å². The summed E-state index contributed by atoms with van der Waals surface area (Å²) < 4.78 is 0. The maximum atomic E-state index is 12.0. The molecule has 2 fully saturated rings. The summed E-state index contributed by atoms with van der Waals surface area (Å²) in [5.41, 5.74) is 8.16. The highest BCUT2D eigenvalue weighted by atomic mass is 16.2. The predicted molar refractivity (Wildman–Crippen MR) is 63.2 cm³/mol. The minimum absolute atomic E-state index is 0.0442. The highest BCUT2D eigenvalue weighted by Gasteiger charge is 2.59. The van der Waals surface area contributed by atoms with E-state index in [0.29, 0.717) is 12.2 Å². The third-order valence-electron chi connectivity index (χ3n) is 3.62. The fourth-order valence-electron chi connectivity index (χ4n) is 2.44. The lowest BCUT2D eigenvalue weighted by Crippen LogP contribution is -2.33. The summed E-state index contributed by atoms with van der Waals surface area (Å²) in [4.78, 5) is 25.3. The predicted octanol–water partition coefficient (Wildman–Crippen LogP) is 0.963. The van der Waals surface area contributed by atoms with Gasteiger partial charge in [0.1, 0.15) is 0 Å². The molecule has 2 unspecified atom stereocenters. The van der Waals surface area contributed by atoms with Crippen LogP contribution >= 0.6 is 0 Å². The van der Waals surface area contributed by atoms with Crippen LogP contribution in [-0.2, 0) is 16.1 Å². The van der Waals surface area contributed by atoms with E-state index in [-0.39, 0.29) is 23.7 Å². The van der Waals surface area contributed by atoms with Gasteiger partial charge >= 0.3 is 0 Å². The van der Waals surface area contributed by atoms with Crippen molar-refractivity contribution in [2.24, 2.45) is 17.6 Å². The van der Waals surface area contributed by atoms with Crippen molar-refractivity contribution < 1.29 is 9.59 Å². The number of imide groups is 1. The lowest BCUT2D eigenvalue weighted by atomic mass is 10.1. The molecule has 1 aliphatic heterocycles. The third-order valence-corrected chi connectivity index (χ3v) is 3.62. The Hall–Kier alpha value is -1.68. The summed E-state index contributed by atoms with van der Waals surface area (Å²) >= 11 is 0. The van der Waals surface area contributed by atoms with Gasteiger partial charge in [-0.2, -0.15) is 0 Å². The van der Waals surface area contributed by atoms with Crippen molar-refractivity contribution in [2.75, 3.05) is 4.90 Å². The molecule has 17 heavy (non-hydrogen) atoms. The fourth-order valence-corrected chi connectivity index (χ4v) is 2.44. The number of piperidine rings is 1. The molecule has 88 valence electrons. The number of hydrogen-bond acceptors (Lipinski definition) is 3. The Balaban J connectivity index is 2.04. The van der Waals surface area contributed by atoms with Crippen molar-refractivity contribution in [2.45, 2.75) is 19.9 Å². The lowest BCUT2D eigenvalue weighted by Gasteiger charge is -2.19. The Morgan fingerprint density at radius 3 is 2.53 bits per heavy atom. The summed E-state index contributed by atoms with van der Waals surface area (Å²) in [6, 6.07) is 5.67. The van der Waals surface area contributed by atoms with Crippen molar-refractivity contribution in [3.8, 4) is 0 Å². The van der Waals surface area contributed by atoms with E-state index >= 15 is 0 Å². The number of carbonyl (C=O) groups excluding carboxylic acids is 2. The summed E-state index contributed by atoms with van der Waals surface area (Å²) in [6.07, 6.45) is 0.740. The first kappa shape index (κ1) is 10.5. The molecule has 4 nitrogen and oxygen atoms in total. The van der Waals surface area contributed by atoms with Gasteiger partial charge in [0.15, 0.2) is 0 Å². The molecule has 1 aromatic carbocycles. The molecule has 1 aliphatic carbocycles. The smallest absolute Gasteiger partial charge is 0.237 e. The lowest BCUT2D eigenvalue weighted by molar-refractivity contribution is -0.123. The zero-order chi connectivity index (χ0) is 12.2. The molecule has 3 rings (SSSR count). The van der Waals surface area contributed by atoms with E-state index < -0.39 is 0 Å². The third kappa shape index (κ3) is 1.41. The molecular weight excluding hydrogens is 216 g/mol. The molecule has 1 saturated heterocycles. The van der Waals surface area contributed by atoms with Crippen molar-refractivity contribution in [1.82, 2.24) is 0 Å². The quantitative estimate of drug-likeness (QED) is 0.770. The second kappa shape index (κ2) is 3.40. The van der Waals surface area contributed by atoms with Crippen LogP contribution in [-0.4, -0.2) is 11.8 Å². The number of fused-ring (bicyclic) bond motifs is 1. The van der Waals surface area contributed by atoms with Gasteiger partial charge in [-0.3, -0.25) is 9.59 Å². The number of carbonyl (C=O) groups is 2. The van der Waals surface area contributed by atoms with Gasteiger partial charge in [-0.05, 0) is 30.5 Å². The number of nitrogens with zero attached hydrogens (tertiary/aromatic N) is 1. The van der Waals surface area contributed by atoms with Gasteiger partial charge in [0, 0.05) is 6.54 Å². The van der Waals surface area contributed by atoms with Gasteiger partial charge in [-0.1, -0.05) is 12.1 Å². The second-order valence-corrected chi connectivity index (χ2v) is 4.79. The number of anilines is 1. The number of amides is 2. The number of rotatable bonds is 2.